The van der Waals surface area contributed by atoms with Crippen LogP contribution < -0.4 is 16.6 Å². The Morgan fingerprint density at radius 2 is 2.35 bits per heavy atom. The molecule has 1 heterocycles. The van der Waals surface area contributed by atoms with Crippen LogP contribution in [0.15, 0.2) is 16.7 Å². The van der Waals surface area contributed by atoms with Crippen LogP contribution in [0.2, 0.25) is 0 Å². The first-order valence-electron chi connectivity index (χ1n) is 6.69. The Morgan fingerprint density at radius 1 is 1.55 bits per heavy atom. The van der Waals surface area contributed by atoms with Crippen molar-refractivity contribution in [1.29, 1.82) is 0 Å². The van der Waals surface area contributed by atoms with Gasteiger partial charge in [-0.05, 0) is 47.2 Å². The molecule has 1 fully saturated rings. The van der Waals surface area contributed by atoms with Gasteiger partial charge in [0, 0.05) is 30.4 Å². The van der Waals surface area contributed by atoms with E-state index in [1.807, 2.05) is 0 Å². The molecular weight excluding hydrogens is 324 g/mol. The van der Waals surface area contributed by atoms with Crippen LogP contribution >= 0.6 is 15.9 Å². The van der Waals surface area contributed by atoms with Gasteiger partial charge in [0.2, 0.25) is 0 Å². The van der Waals surface area contributed by atoms with Crippen molar-refractivity contribution in [3.63, 3.8) is 0 Å². The molecular formula is C13H19BrN4O2. The molecule has 110 valence electrons. The average molecular weight is 343 g/mol. The van der Waals surface area contributed by atoms with E-state index in [4.69, 9.17) is 10.6 Å². The van der Waals surface area contributed by atoms with Gasteiger partial charge in [0.05, 0.1) is 5.56 Å². The minimum atomic E-state index is -0.200. The van der Waals surface area contributed by atoms with Crippen molar-refractivity contribution in [3.8, 4) is 0 Å². The third-order valence-electron chi connectivity index (χ3n) is 3.04. The number of ether oxygens (including phenoxy) is 1. The number of nitrogens with zero attached hydrogens (tertiary/aromatic N) is 1. The maximum Gasteiger partial charge on any atom is 0.255 e. The van der Waals surface area contributed by atoms with Crippen molar-refractivity contribution in [2.45, 2.75) is 19.3 Å². The maximum atomic E-state index is 12.0. The number of amides is 1. The third kappa shape index (κ3) is 4.73. The summed E-state index contributed by atoms with van der Waals surface area (Å²) >= 11 is 3.28. The van der Waals surface area contributed by atoms with Crippen molar-refractivity contribution >= 4 is 27.7 Å². The molecule has 1 amide bonds. The molecule has 0 bridgehead atoms. The molecule has 20 heavy (non-hydrogen) atoms. The van der Waals surface area contributed by atoms with Crippen molar-refractivity contribution < 1.29 is 9.53 Å². The molecule has 0 unspecified atom stereocenters. The topological polar surface area (TPSA) is 89.3 Å². The number of carbonyl (C=O) groups excluding carboxylic acids is 1. The van der Waals surface area contributed by atoms with E-state index in [2.05, 4.69) is 31.7 Å². The van der Waals surface area contributed by atoms with E-state index in [1.165, 1.54) is 12.8 Å². The second-order valence-electron chi connectivity index (χ2n) is 4.82. The summed E-state index contributed by atoms with van der Waals surface area (Å²) in [6.45, 7) is 2.10. The van der Waals surface area contributed by atoms with E-state index < -0.39 is 0 Å². The Kier molecular flexibility index (Phi) is 5.75. The fraction of sp³-hybridized carbons (Fsp3) is 0.538. The highest BCUT2D eigenvalue weighted by Crippen LogP contribution is 2.28. The number of nitrogens with two attached hydrogens (primary N) is 1. The summed E-state index contributed by atoms with van der Waals surface area (Å²) in [5.41, 5.74) is 2.83. The highest BCUT2D eigenvalue weighted by atomic mass is 79.9. The number of nitrogens with one attached hydrogen (secondary N) is 2. The molecule has 0 saturated heterocycles. The summed E-state index contributed by atoms with van der Waals surface area (Å²) in [5, 5.41) is 2.83. The zero-order valence-electron chi connectivity index (χ0n) is 11.2. The average Bonchev–Trinajstić information content (AvgIpc) is 3.26. The molecule has 0 atom stereocenters. The number of rotatable bonds is 8. The maximum absolute atomic E-state index is 12.0. The SMILES string of the molecule is NNc1ncc(Br)cc1C(=O)NCCCOCC1CC1. The molecule has 1 aliphatic rings. The van der Waals surface area contributed by atoms with E-state index >= 15 is 0 Å². The monoisotopic (exact) mass is 342 g/mol. The van der Waals surface area contributed by atoms with Gasteiger partial charge in [0.15, 0.2) is 5.82 Å². The van der Waals surface area contributed by atoms with E-state index in [0.29, 0.717) is 24.5 Å². The molecule has 7 heteroatoms. The Morgan fingerprint density at radius 3 is 3.05 bits per heavy atom. The van der Waals surface area contributed by atoms with Crippen LogP contribution in [-0.4, -0.2) is 30.6 Å². The largest absolute Gasteiger partial charge is 0.381 e. The van der Waals surface area contributed by atoms with Crippen LogP contribution in [0.25, 0.3) is 0 Å². The highest BCUT2D eigenvalue weighted by molar-refractivity contribution is 9.10. The van der Waals surface area contributed by atoms with Crippen molar-refractivity contribution in [3.05, 3.63) is 22.3 Å². The Balaban J connectivity index is 1.71. The predicted octanol–water partition coefficient (Wildman–Crippen LogP) is 1.68. The third-order valence-corrected chi connectivity index (χ3v) is 3.47. The smallest absolute Gasteiger partial charge is 0.255 e. The quantitative estimate of drug-likeness (QED) is 0.380. The van der Waals surface area contributed by atoms with Crippen LogP contribution in [0.4, 0.5) is 5.82 Å². The number of aromatic nitrogens is 1. The lowest BCUT2D eigenvalue weighted by atomic mass is 10.2. The molecule has 0 spiro atoms. The zero-order valence-corrected chi connectivity index (χ0v) is 12.8. The van der Waals surface area contributed by atoms with Gasteiger partial charge in [-0.15, -0.1) is 0 Å². The number of carbonyl (C=O) groups is 1. The number of hydrogen-bond donors (Lipinski definition) is 3. The summed E-state index contributed by atoms with van der Waals surface area (Å²) in [6.07, 6.45) is 4.96. The van der Waals surface area contributed by atoms with Crippen LogP contribution in [0, 0.1) is 5.92 Å². The van der Waals surface area contributed by atoms with Crippen LogP contribution in [0.5, 0.6) is 0 Å². The molecule has 0 aromatic carbocycles. The van der Waals surface area contributed by atoms with Crippen molar-refractivity contribution in [2.24, 2.45) is 11.8 Å². The first kappa shape index (κ1) is 15.2. The Bertz CT molecular complexity index is 466. The number of pyridine rings is 1. The van der Waals surface area contributed by atoms with Crippen molar-refractivity contribution in [2.75, 3.05) is 25.2 Å². The van der Waals surface area contributed by atoms with Crippen molar-refractivity contribution in [1.82, 2.24) is 10.3 Å². The molecule has 1 aliphatic carbocycles. The number of halogens is 1. The van der Waals surface area contributed by atoms with Gasteiger partial charge in [-0.3, -0.25) is 4.79 Å². The lowest BCUT2D eigenvalue weighted by Crippen LogP contribution is -2.27. The lowest BCUT2D eigenvalue weighted by Gasteiger charge is -2.09. The first-order chi connectivity index (χ1) is 9.70. The van der Waals surface area contributed by atoms with Gasteiger partial charge in [0.25, 0.3) is 5.91 Å². The molecule has 6 nitrogen and oxygen atoms in total. The Labute approximate surface area is 126 Å². The van der Waals surface area contributed by atoms with E-state index in [9.17, 15) is 4.79 Å². The molecule has 2 rings (SSSR count). The normalized spacial score (nSPS) is 14.1. The minimum absolute atomic E-state index is 0.200. The fourth-order valence-corrected chi connectivity index (χ4v) is 2.06. The van der Waals surface area contributed by atoms with Gasteiger partial charge < -0.3 is 15.5 Å². The van der Waals surface area contributed by atoms with Crippen LogP contribution in [0.3, 0.4) is 0 Å². The van der Waals surface area contributed by atoms with Crippen LogP contribution in [-0.2, 0) is 4.74 Å². The summed E-state index contributed by atoms with van der Waals surface area (Å²) < 4.78 is 6.24. The standard InChI is InChI=1S/C13H19BrN4O2/c14-10-6-11(12(18-15)17-7-10)13(19)16-4-1-5-20-8-9-2-3-9/h6-7,9H,1-5,8,15H2,(H,16,19)(H,17,18). The molecule has 1 aromatic heterocycles. The second-order valence-corrected chi connectivity index (χ2v) is 5.74. The minimum Gasteiger partial charge on any atom is -0.381 e. The molecule has 1 saturated carbocycles. The summed E-state index contributed by atoms with van der Waals surface area (Å²) in [5.74, 6) is 6.27. The first-order valence-corrected chi connectivity index (χ1v) is 7.48. The zero-order chi connectivity index (χ0) is 14.4. The van der Waals surface area contributed by atoms with Gasteiger partial charge in [-0.25, -0.2) is 10.8 Å². The molecule has 0 radical (unpaired) electrons. The number of hydrogen-bond acceptors (Lipinski definition) is 5. The summed E-state index contributed by atoms with van der Waals surface area (Å²) in [4.78, 5) is 16.1. The predicted molar refractivity (Wildman–Crippen MR) is 80.2 cm³/mol. The number of anilines is 1. The number of nitrogen functional groups attached to an aromatic ring is 1. The van der Waals surface area contributed by atoms with E-state index in [-0.39, 0.29) is 5.91 Å². The van der Waals surface area contributed by atoms with Gasteiger partial charge in [0.1, 0.15) is 0 Å². The highest BCUT2D eigenvalue weighted by Gasteiger charge is 2.20. The fourth-order valence-electron chi connectivity index (χ4n) is 1.73. The van der Waals surface area contributed by atoms with Gasteiger partial charge >= 0.3 is 0 Å². The van der Waals surface area contributed by atoms with Gasteiger partial charge in [-0.2, -0.15) is 0 Å². The molecule has 4 N–H and O–H groups in total. The number of hydrazine groups is 1. The summed E-state index contributed by atoms with van der Waals surface area (Å²) in [6, 6.07) is 1.68. The molecule has 1 aromatic rings. The lowest BCUT2D eigenvalue weighted by molar-refractivity contribution is 0.0938. The molecule has 0 aliphatic heterocycles. The Hall–Kier alpha value is -1.18. The second kappa shape index (κ2) is 7.56. The van der Waals surface area contributed by atoms with E-state index in [0.717, 1.165) is 23.4 Å². The van der Waals surface area contributed by atoms with Crippen LogP contribution in [0.1, 0.15) is 29.6 Å². The van der Waals surface area contributed by atoms with Gasteiger partial charge in [-0.1, -0.05) is 0 Å². The van der Waals surface area contributed by atoms with E-state index in [1.54, 1.807) is 12.3 Å². The summed E-state index contributed by atoms with van der Waals surface area (Å²) in [7, 11) is 0.